The first kappa shape index (κ1) is 9.56. The molecule has 2 heteroatoms. The van der Waals surface area contributed by atoms with Gasteiger partial charge in [0, 0.05) is 0 Å². The monoisotopic (exact) mass is 170 g/mol. The lowest BCUT2D eigenvalue weighted by Gasteiger charge is -2.38. The fourth-order valence-electron chi connectivity index (χ4n) is 2.18. The SMILES string of the molecule is CC1CCC(C)C(C)(C(=O)O)C1. The molecule has 0 aromatic heterocycles. The van der Waals surface area contributed by atoms with E-state index in [1.807, 2.05) is 6.92 Å². The van der Waals surface area contributed by atoms with E-state index in [0.717, 1.165) is 12.8 Å². The summed E-state index contributed by atoms with van der Waals surface area (Å²) in [6, 6.07) is 0. The Kier molecular flexibility index (Phi) is 2.45. The van der Waals surface area contributed by atoms with Crippen molar-refractivity contribution >= 4 is 5.97 Å². The first-order valence-corrected chi connectivity index (χ1v) is 4.70. The van der Waals surface area contributed by atoms with Gasteiger partial charge in [0.1, 0.15) is 0 Å². The average molecular weight is 170 g/mol. The molecule has 1 N–H and O–H groups in total. The minimum atomic E-state index is -0.624. The van der Waals surface area contributed by atoms with Crippen molar-refractivity contribution in [1.29, 1.82) is 0 Å². The molecule has 3 atom stereocenters. The Balaban J connectivity index is 2.77. The van der Waals surface area contributed by atoms with Gasteiger partial charge < -0.3 is 5.11 Å². The highest BCUT2D eigenvalue weighted by Gasteiger charge is 2.42. The summed E-state index contributed by atoms with van der Waals surface area (Å²) in [4.78, 5) is 11.0. The van der Waals surface area contributed by atoms with Crippen molar-refractivity contribution in [1.82, 2.24) is 0 Å². The molecule has 0 bridgehead atoms. The maximum Gasteiger partial charge on any atom is 0.309 e. The Labute approximate surface area is 74.0 Å². The lowest BCUT2D eigenvalue weighted by molar-refractivity contribution is -0.154. The molecular formula is C10H18O2. The van der Waals surface area contributed by atoms with Crippen LogP contribution >= 0.6 is 0 Å². The van der Waals surface area contributed by atoms with E-state index in [2.05, 4.69) is 13.8 Å². The summed E-state index contributed by atoms with van der Waals surface area (Å²) in [5, 5.41) is 9.09. The summed E-state index contributed by atoms with van der Waals surface area (Å²) in [6.07, 6.45) is 3.08. The van der Waals surface area contributed by atoms with Crippen LogP contribution in [0.15, 0.2) is 0 Å². The topological polar surface area (TPSA) is 37.3 Å². The standard InChI is InChI=1S/C10H18O2/c1-7-4-5-8(2)10(3,6-7)9(11)12/h7-8H,4-6H2,1-3H3,(H,11,12). The van der Waals surface area contributed by atoms with Gasteiger partial charge in [-0.15, -0.1) is 0 Å². The lowest BCUT2D eigenvalue weighted by Crippen LogP contribution is -2.39. The third-order valence-electron chi connectivity index (χ3n) is 3.44. The molecule has 70 valence electrons. The lowest BCUT2D eigenvalue weighted by atomic mass is 9.65. The van der Waals surface area contributed by atoms with Crippen molar-refractivity contribution in [2.75, 3.05) is 0 Å². The maximum absolute atomic E-state index is 11.0. The summed E-state index contributed by atoms with van der Waals surface area (Å²) in [7, 11) is 0. The number of hydrogen-bond donors (Lipinski definition) is 1. The molecule has 0 spiro atoms. The molecule has 1 aliphatic carbocycles. The van der Waals surface area contributed by atoms with Gasteiger partial charge in [0.2, 0.25) is 0 Å². The quantitative estimate of drug-likeness (QED) is 0.656. The summed E-state index contributed by atoms with van der Waals surface area (Å²) >= 11 is 0. The molecule has 0 amide bonds. The Morgan fingerprint density at radius 3 is 2.42 bits per heavy atom. The van der Waals surface area contributed by atoms with Crippen LogP contribution in [0.4, 0.5) is 0 Å². The zero-order valence-corrected chi connectivity index (χ0v) is 8.13. The van der Waals surface area contributed by atoms with Gasteiger partial charge in [-0.2, -0.15) is 0 Å². The van der Waals surface area contributed by atoms with Crippen LogP contribution in [-0.4, -0.2) is 11.1 Å². The van der Waals surface area contributed by atoms with Gasteiger partial charge in [0.15, 0.2) is 0 Å². The number of rotatable bonds is 1. The first-order chi connectivity index (χ1) is 5.47. The van der Waals surface area contributed by atoms with Gasteiger partial charge in [-0.25, -0.2) is 0 Å². The molecule has 1 fully saturated rings. The second kappa shape index (κ2) is 3.08. The van der Waals surface area contributed by atoms with Crippen LogP contribution in [0.1, 0.15) is 40.0 Å². The number of carboxylic acids is 1. The number of aliphatic carboxylic acids is 1. The van der Waals surface area contributed by atoms with Gasteiger partial charge in [-0.1, -0.05) is 20.3 Å². The molecule has 0 aromatic rings. The van der Waals surface area contributed by atoms with Crippen LogP contribution in [0.25, 0.3) is 0 Å². The van der Waals surface area contributed by atoms with E-state index >= 15 is 0 Å². The maximum atomic E-state index is 11.0. The Morgan fingerprint density at radius 2 is 2.00 bits per heavy atom. The molecule has 3 unspecified atom stereocenters. The minimum absolute atomic E-state index is 0.325. The molecule has 2 nitrogen and oxygen atoms in total. The smallest absolute Gasteiger partial charge is 0.309 e. The second-order valence-electron chi connectivity index (χ2n) is 4.51. The highest BCUT2D eigenvalue weighted by molar-refractivity contribution is 5.74. The normalized spacial score (nSPS) is 42.6. The van der Waals surface area contributed by atoms with E-state index in [-0.39, 0.29) is 0 Å². The number of carbonyl (C=O) groups is 1. The van der Waals surface area contributed by atoms with Gasteiger partial charge in [0.05, 0.1) is 5.41 Å². The van der Waals surface area contributed by atoms with Gasteiger partial charge in [-0.3, -0.25) is 4.79 Å². The van der Waals surface area contributed by atoms with Crippen LogP contribution < -0.4 is 0 Å². The van der Waals surface area contributed by atoms with Crippen molar-refractivity contribution in [3.05, 3.63) is 0 Å². The molecule has 0 aromatic carbocycles. The minimum Gasteiger partial charge on any atom is -0.481 e. The van der Waals surface area contributed by atoms with E-state index in [1.54, 1.807) is 0 Å². The molecule has 0 saturated heterocycles. The van der Waals surface area contributed by atoms with Crippen molar-refractivity contribution in [3.63, 3.8) is 0 Å². The van der Waals surface area contributed by atoms with Crippen molar-refractivity contribution in [2.24, 2.45) is 17.3 Å². The Hall–Kier alpha value is -0.530. The van der Waals surface area contributed by atoms with E-state index in [9.17, 15) is 4.79 Å². The first-order valence-electron chi connectivity index (χ1n) is 4.70. The van der Waals surface area contributed by atoms with Crippen LogP contribution in [0.5, 0.6) is 0 Å². The van der Waals surface area contributed by atoms with Crippen molar-refractivity contribution in [3.8, 4) is 0 Å². The Morgan fingerprint density at radius 1 is 1.42 bits per heavy atom. The highest BCUT2D eigenvalue weighted by Crippen LogP contribution is 2.43. The largest absolute Gasteiger partial charge is 0.481 e. The van der Waals surface area contributed by atoms with Crippen LogP contribution in [0.2, 0.25) is 0 Å². The van der Waals surface area contributed by atoms with Gasteiger partial charge in [-0.05, 0) is 31.6 Å². The molecule has 1 saturated carbocycles. The summed E-state index contributed by atoms with van der Waals surface area (Å²) in [5.41, 5.74) is -0.475. The molecule has 0 aliphatic heterocycles. The fourth-order valence-corrected chi connectivity index (χ4v) is 2.18. The third kappa shape index (κ3) is 1.47. The molecule has 1 aliphatic rings. The van der Waals surface area contributed by atoms with Gasteiger partial charge >= 0.3 is 5.97 Å². The van der Waals surface area contributed by atoms with Crippen LogP contribution in [-0.2, 0) is 4.79 Å². The van der Waals surface area contributed by atoms with Crippen LogP contribution in [0.3, 0.4) is 0 Å². The number of carboxylic acid groups (broad SMARTS) is 1. The zero-order chi connectivity index (χ0) is 9.35. The molecule has 12 heavy (non-hydrogen) atoms. The molecule has 0 heterocycles. The van der Waals surface area contributed by atoms with E-state index < -0.39 is 11.4 Å². The highest BCUT2D eigenvalue weighted by atomic mass is 16.4. The fraction of sp³-hybridized carbons (Fsp3) is 0.900. The van der Waals surface area contributed by atoms with Crippen LogP contribution in [0, 0.1) is 17.3 Å². The predicted molar refractivity (Wildman–Crippen MR) is 47.9 cm³/mol. The summed E-state index contributed by atoms with van der Waals surface area (Å²) in [5.74, 6) is 0.273. The van der Waals surface area contributed by atoms with E-state index in [0.29, 0.717) is 11.8 Å². The van der Waals surface area contributed by atoms with Gasteiger partial charge in [0.25, 0.3) is 0 Å². The van der Waals surface area contributed by atoms with E-state index in [1.165, 1.54) is 6.42 Å². The summed E-state index contributed by atoms with van der Waals surface area (Å²) < 4.78 is 0. The van der Waals surface area contributed by atoms with E-state index in [4.69, 9.17) is 5.11 Å². The zero-order valence-electron chi connectivity index (χ0n) is 8.13. The van der Waals surface area contributed by atoms with Crippen molar-refractivity contribution < 1.29 is 9.90 Å². The Bertz CT molecular complexity index is 188. The number of hydrogen-bond acceptors (Lipinski definition) is 1. The van der Waals surface area contributed by atoms with Crippen molar-refractivity contribution in [2.45, 2.75) is 40.0 Å². The molecular weight excluding hydrogens is 152 g/mol. The summed E-state index contributed by atoms with van der Waals surface area (Å²) in [6.45, 7) is 6.09. The average Bonchev–Trinajstić information content (AvgIpc) is 1.97. The predicted octanol–water partition coefficient (Wildman–Crippen LogP) is 2.53. The molecule has 1 rings (SSSR count). The third-order valence-corrected chi connectivity index (χ3v) is 3.44. The molecule has 0 radical (unpaired) electrons. The second-order valence-corrected chi connectivity index (χ2v) is 4.51.